The van der Waals surface area contributed by atoms with E-state index in [4.69, 9.17) is 5.73 Å². The lowest BCUT2D eigenvalue weighted by molar-refractivity contribution is -0.122. The van der Waals surface area contributed by atoms with E-state index >= 15 is 0 Å². The lowest BCUT2D eigenvalue weighted by Crippen LogP contribution is -2.33. The maximum Gasteiger partial charge on any atom is 0.320 e. The second-order valence-corrected chi connectivity index (χ2v) is 5.08. The van der Waals surface area contributed by atoms with Crippen molar-refractivity contribution in [2.75, 3.05) is 0 Å². The predicted molar refractivity (Wildman–Crippen MR) is 75.8 cm³/mol. The maximum atomic E-state index is 13.3. The fourth-order valence-electron chi connectivity index (χ4n) is 2.23. The summed E-state index contributed by atoms with van der Waals surface area (Å²) in [6.45, 7) is 0.609. The second kappa shape index (κ2) is 6.17. The molecule has 0 spiro atoms. The summed E-state index contributed by atoms with van der Waals surface area (Å²) in [6, 6.07) is 5.73. The van der Waals surface area contributed by atoms with Crippen LogP contribution in [0.1, 0.15) is 38.7 Å². The van der Waals surface area contributed by atoms with E-state index in [9.17, 15) is 13.6 Å². The molecule has 2 atom stereocenters. The molecule has 2 aromatic rings. The van der Waals surface area contributed by atoms with Crippen molar-refractivity contribution in [3.8, 4) is 0 Å². The molecule has 2 unspecified atom stereocenters. The first-order chi connectivity index (χ1) is 9.90. The number of nitrogens with zero attached hydrogens (tertiary/aromatic N) is 2. The van der Waals surface area contributed by atoms with Crippen LogP contribution in [0.5, 0.6) is 0 Å². The van der Waals surface area contributed by atoms with Crippen molar-refractivity contribution in [1.82, 2.24) is 14.9 Å². The molecule has 7 heteroatoms. The highest BCUT2D eigenvalue weighted by Gasteiger charge is 2.22. The number of alkyl halides is 2. The van der Waals surface area contributed by atoms with Crippen LogP contribution in [0.4, 0.5) is 8.78 Å². The van der Waals surface area contributed by atoms with Crippen LogP contribution >= 0.6 is 0 Å². The van der Waals surface area contributed by atoms with Crippen LogP contribution in [0.25, 0.3) is 11.0 Å². The Balaban J connectivity index is 2.32. The van der Waals surface area contributed by atoms with Gasteiger partial charge in [-0.1, -0.05) is 12.1 Å². The van der Waals surface area contributed by atoms with Crippen LogP contribution < -0.4 is 11.1 Å². The lowest BCUT2D eigenvalue weighted by Gasteiger charge is -2.16. The molecular weight excluding hydrogens is 278 g/mol. The summed E-state index contributed by atoms with van der Waals surface area (Å²) in [5.41, 5.74) is 6.36. The number of nitrogens with two attached hydrogens (primary N) is 1. The first-order valence-corrected chi connectivity index (χ1v) is 6.70. The van der Waals surface area contributed by atoms with Gasteiger partial charge < -0.3 is 11.1 Å². The lowest BCUT2D eigenvalue weighted by atomic mass is 10.2. The number of nitrogens with one attached hydrogen (secondary N) is 1. The zero-order valence-corrected chi connectivity index (χ0v) is 11.9. The highest BCUT2D eigenvalue weighted by atomic mass is 19.3. The first-order valence-electron chi connectivity index (χ1n) is 6.70. The topological polar surface area (TPSA) is 72.9 Å². The Hall–Kier alpha value is -2.02. The Labute approximate surface area is 121 Å². The van der Waals surface area contributed by atoms with Gasteiger partial charge in [-0.3, -0.25) is 9.36 Å². The van der Waals surface area contributed by atoms with Gasteiger partial charge in [0, 0.05) is 12.5 Å². The quantitative estimate of drug-likeness (QED) is 0.889. The molecule has 114 valence electrons. The van der Waals surface area contributed by atoms with Crippen molar-refractivity contribution in [2.24, 2.45) is 5.73 Å². The van der Waals surface area contributed by atoms with Gasteiger partial charge in [0.05, 0.1) is 17.1 Å². The minimum atomic E-state index is -2.72. The molecule has 0 aliphatic carbocycles. The molecule has 0 bridgehead atoms. The second-order valence-electron chi connectivity index (χ2n) is 5.08. The largest absolute Gasteiger partial charge is 0.346 e. The SMILES string of the molecule is CC(N)CC(=O)NC(C)c1nc2ccccc2n1C(F)F. The van der Waals surface area contributed by atoms with Gasteiger partial charge in [0.1, 0.15) is 5.82 Å². The van der Waals surface area contributed by atoms with Crippen LogP contribution in [-0.4, -0.2) is 21.5 Å². The first kappa shape index (κ1) is 15.4. The number of amides is 1. The number of hydrogen-bond acceptors (Lipinski definition) is 3. The Kier molecular flexibility index (Phi) is 4.52. The van der Waals surface area contributed by atoms with Crippen molar-refractivity contribution in [3.05, 3.63) is 30.1 Å². The minimum absolute atomic E-state index is 0.129. The number of fused-ring (bicyclic) bond motifs is 1. The molecule has 0 saturated carbocycles. The number of halogens is 2. The Morgan fingerprint density at radius 2 is 2.05 bits per heavy atom. The molecular formula is C14H18F2N4O. The number of carbonyl (C=O) groups is 1. The molecule has 0 aliphatic heterocycles. The van der Waals surface area contributed by atoms with Crippen LogP contribution in [0.3, 0.4) is 0 Å². The summed E-state index contributed by atoms with van der Waals surface area (Å²) in [4.78, 5) is 15.9. The number of aromatic nitrogens is 2. The summed E-state index contributed by atoms with van der Waals surface area (Å²) in [5.74, 6) is -0.158. The highest BCUT2D eigenvalue weighted by molar-refractivity contribution is 5.78. The average molecular weight is 296 g/mol. The van der Waals surface area contributed by atoms with Gasteiger partial charge in [-0.25, -0.2) is 4.98 Å². The Bertz CT molecular complexity index is 639. The van der Waals surface area contributed by atoms with Gasteiger partial charge in [0.15, 0.2) is 0 Å². The number of hydrogen-bond donors (Lipinski definition) is 2. The van der Waals surface area contributed by atoms with E-state index < -0.39 is 12.6 Å². The molecule has 5 nitrogen and oxygen atoms in total. The van der Waals surface area contributed by atoms with Gasteiger partial charge in [-0.05, 0) is 26.0 Å². The summed E-state index contributed by atoms with van der Waals surface area (Å²) in [6.07, 6.45) is 0.138. The van der Waals surface area contributed by atoms with Crippen molar-refractivity contribution < 1.29 is 13.6 Å². The third-order valence-electron chi connectivity index (χ3n) is 3.09. The minimum Gasteiger partial charge on any atom is -0.346 e. The number of carbonyl (C=O) groups excluding carboxylic acids is 1. The number of rotatable bonds is 5. The molecule has 3 N–H and O–H groups in total. The zero-order valence-electron chi connectivity index (χ0n) is 11.9. The standard InChI is InChI=1S/C14H18F2N4O/c1-8(17)7-12(21)18-9(2)13-19-10-5-3-4-6-11(10)20(13)14(15)16/h3-6,8-9,14H,7,17H2,1-2H3,(H,18,21). The van der Waals surface area contributed by atoms with Crippen molar-refractivity contribution in [2.45, 2.75) is 38.9 Å². The summed E-state index contributed by atoms with van der Waals surface area (Å²) in [7, 11) is 0. The van der Waals surface area contributed by atoms with E-state index in [-0.39, 0.29) is 24.2 Å². The van der Waals surface area contributed by atoms with Crippen LogP contribution in [0.15, 0.2) is 24.3 Å². The smallest absolute Gasteiger partial charge is 0.320 e. The van der Waals surface area contributed by atoms with E-state index in [0.29, 0.717) is 11.0 Å². The summed E-state index contributed by atoms with van der Waals surface area (Å²) >= 11 is 0. The van der Waals surface area contributed by atoms with Crippen molar-refractivity contribution >= 4 is 16.9 Å². The summed E-state index contributed by atoms with van der Waals surface area (Å²) in [5, 5.41) is 2.65. The van der Waals surface area contributed by atoms with E-state index in [1.165, 1.54) is 0 Å². The van der Waals surface area contributed by atoms with Gasteiger partial charge in [0.2, 0.25) is 5.91 Å². The van der Waals surface area contributed by atoms with E-state index in [1.54, 1.807) is 38.1 Å². The fraction of sp³-hybridized carbons (Fsp3) is 0.429. The highest BCUT2D eigenvalue weighted by Crippen LogP contribution is 2.26. The monoisotopic (exact) mass is 296 g/mol. The molecule has 1 amide bonds. The summed E-state index contributed by atoms with van der Waals surface area (Å²) < 4.78 is 27.4. The maximum absolute atomic E-state index is 13.3. The normalized spacial score (nSPS) is 14.4. The van der Waals surface area contributed by atoms with E-state index in [2.05, 4.69) is 10.3 Å². The molecule has 0 fully saturated rings. The molecule has 1 aromatic carbocycles. The molecule has 1 aromatic heterocycles. The number of para-hydroxylation sites is 2. The van der Waals surface area contributed by atoms with Crippen LogP contribution in [0.2, 0.25) is 0 Å². The molecule has 1 heterocycles. The molecule has 0 radical (unpaired) electrons. The third kappa shape index (κ3) is 3.36. The molecule has 21 heavy (non-hydrogen) atoms. The van der Waals surface area contributed by atoms with Crippen molar-refractivity contribution in [1.29, 1.82) is 0 Å². The van der Waals surface area contributed by atoms with Crippen molar-refractivity contribution in [3.63, 3.8) is 0 Å². The number of benzene rings is 1. The number of imidazole rings is 1. The zero-order chi connectivity index (χ0) is 15.6. The van der Waals surface area contributed by atoms with Gasteiger partial charge in [-0.2, -0.15) is 8.78 Å². The van der Waals surface area contributed by atoms with E-state index in [0.717, 1.165) is 4.57 Å². The molecule has 2 rings (SSSR count). The molecule has 0 saturated heterocycles. The van der Waals surface area contributed by atoms with E-state index in [1.807, 2.05) is 0 Å². The van der Waals surface area contributed by atoms with Gasteiger partial charge in [-0.15, -0.1) is 0 Å². The Morgan fingerprint density at radius 3 is 2.67 bits per heavy atom. The molecule has 0 aliphatic rings. The van der Waals surface area contributed by atoms with Crippen LogP contribution in [-0.2, 0) is 4.79 Å². The predicted octanol–water partition coefficient (Wildman–Crippen LogP) is 2.35. The average Bonchev–Trinajstić information content (AvgIpc) is 2.76. The third-order valence-corrected chi connectivity index (χ3v) is 3.09. The van der Waals surface area contributed by atoms with Gasteiger partial charge >= 0.3 is 6.55 Å². The Morgan fingerprint density at radius 1 is 1.38 bits per heavy atom. The van der Waals surface area contributed by atoms with Gasteiger partial charge in [0.25, 0.3) is 0 Å². The van der Waals surface area contributed by atoms with Crippen LogP contribution in [0, 0.1) is 0 Å². The fourth-order valence-corrected chi connectivity index (χ4v) is 2.23.